The van der Waals surface area contributed by atoms with E-state index in [1.165, 1.54) is 70.6 Å². The predicted molar refractivity (Wildman–Crippen MR) is 197 cm³/mol. The molecule has 0 aliphatic heterocycles. The highest BCUT2D eigenvalue weighted by Crippen LogP contribution is 2.42. The van der Waals surface area contributed by atoms with Crippen LogP contribution in [-0.2, 0) is 27.9 Å². The molecule has 0 saturated carbocycles. The van der Waals surface area contributed by atoms with Gasteiger partial charge in [-0.25, -0.2) is 4.57 Å². The SMILES string of the molecule is CCCC/C=C\CCCCCCCC(=O)OCC(O)COP(=O)(O)OCCNC(=O)CCCCCCC/C=C\CCCCCCCCC. The Morgan fingerprint density at radius 1 is 0.625 bits per heavy atom. The number of nitrogens with one attached hydrogen (secondary N) is 1. The molecule has 0 heterocycles. The van der Waals surface area contributed by atoms with Gasteiger partial charge in [0.1, 0.15) is 12.7 Å². The van der Waals surface area contributed by atoms with Crippen molar-refractivity contribution in [3.63, 3.8) is 0 Å². The number of rotatable bonds is 36. The summed E-state index contributed by atoms with van der Waals surface area (Å²) in [6.45, 7) is 3.48. The van der Waals surface area contributed by atoms with E-state index in [1.54, 1.807) is 0 Å². The van der Waals surface area contributed by atoms with Crippen LogP contribution < -0.4 is 5.32 Å². The fourth-order valence-electron chi connectivity index (χ4n) is 5.12. The van der Waals surface area contributed by atoms with Crippen LogP contribution in [0.15, 0.2) is 24.3 Å². The van der Waals surface area contributed by atoms with Gasteiger partial charge in [-0.3, -0.25) is 18.6 Å². The van der Waals surface area contributed by atoms with Crippen molar-refractivity contribution in [2.45, 2.75) is 180 Å². The normalized spacial score (nSPS) is 13.7. The number of aliphatic hydroxyl groups excluding tert-OH is 1. The molecule has 0 spiro atoms. The van der Waals surface area contributed by atoms with Crippen LogP contribution >= 0.6 is 7.82 Å². The molecule has 0 aliphatic rings. The van der Waals surface area contributed by atoms with Crippen molar-refractivity contribution >= 4 is 19.7 Å². The first-order valence-electron chi connectivity index (χ1n) is 19.3. The quantitative estimate of drug-likeness (QED) is 0.0255. The largest absolute Gasteiger partial charge is 0.472 e. The monoisotopic (exact) mass is 701 g/mol. The second kappa shape index (κ2) is 35.3. The minimum Gasteiger partial charge on any atom is -0.463 e. The average molecular weight is 702 g/mol. The molecule has 0 radical (unpaired) electrons. The molecule has 0 aromatic heterocycles. The Kier molecular flexibility index (Phi) is 34.2. The minimum atomic E-state index is -4.41. The molecule has 2 unspecified atom stereocenters. The fraction of sp³-hybridized carbons (Fsp3) is 0.842. The zero-order valence-corrected chi connectivity index (χ0v) is 31.6. The van der Waals surface area contributed by atoms with Crippen LogP contribution in [0.3, 0.4) is 0 Å². The summed E-state index contributed by atoms with van der Waals surface area (Å²) in [5.74, 6) is -0.535. The molecule has 0 saturated heterocycles. The van der Waals surface area contributed by atoms with Crippen molar-refractivity contribution < 1.29 is 37.9 Å². The van der Waals surface area contributed by atoms with Gasteiger partial charge in [0.15, 0.2) is 0 Å². The predicted octanol–water partition coefficient (Wildman–Crippen LogP) is 10.0. The minimum absolute atomic E-state index is 0.0776. The average Bonchev–Trinajstić information content (AvgIpc) is 3.07. The van der Waals surface area contributed by atoms with Gasteiger partial charge in [0.25, 0.3) is 0 Å². The number of unbranched alkanes of at least 4 members (excludes halogenated alkanes) is 19. The number of hydrogen-bond acceptors (Lipinski definition) is 7. The van der Waals surface area contributed by atoms with E-state index >= 15 is 0 Å². The standard InChI is InChI=1S/C38H72NO8P/c1-3-5-7-9-11-13-15-16-17-18-19-21-22-24-26-28-30-37(41)39-32-33-46-48(43,44)47-35-36(40)34-45-38(42)31-29-27-25-23-20-14-12-10-8-6-4-2/h10,12,17-18,36,40H,3-9,11,13-16,19-35H2,1-2H3,(H,39,41)(H,43,44)/b12-10-,18-17-. The van der Waals surface area contributed by atoms with E-state index in [-0.39, 0.29) is 32.1 Å². The molecular formula is C38H72NO8P. The van der Waals surface area contributed by atoms with Gasteiger partial charge in [0.05, 0.1) is 13.2 Å². The van der Waals surface area contributed by atoms with Crippen molar-refractivity contribution in [2.24, 2.45) is 0 Å². The molecule has 2 atom stereocenters. The van der Waals surface area contributed by atoms with Crippen LogP contribution in [0.2, 0.25) is 0 Å². The van der Waals surface area contributed by atoms with Crippen LogP contribution in [0, 0.1) is 0 Å². The summed E-state index contributed by atoms with van der Waals surface area (Å²) >= 11 is 0. The van der Waals surface area contributed by atoms with Crippen molar-refractivity contribution in [1.29, 1.82) is 0 Å². The molecule has 0 fully saturated rings. The fourth-order valence-corrected chi connectivity index (χ4v) is 5.88. The van der Waals surface area contributed by atoms with Crippen LogP contribution in [0.25, 0.3) is 0 Å². The van der Waals surface area contributed by atoms with Gasteiger partial charge in [-0.05, 0) is 57.8 Å². The molecule has 0 aliphatic carbocycles. The Bertz CT molecular complexity index is 851. The second-order valence-corrected chi connectivity index (χ2v) is 14.3. The summed E-state index contributed by atoms with van der Waals surface area (Å²) in [5, 5.41) is 12.6. The number of hydrogen-bond donors (Lipinski definition) is 3. The summed E-state index contributed by atoms with van der Waals surface area (Å²) in [6.07, 6.45) is 35.4. The number of aliphatic hydroxyl groups is 1. The lowest BCUT2D eigenvalue weighted by Crippen LogP contribution is -2.27. The maximum Gasteiger partial charge on any atom is 0.472 e. The first-order valence-corrected chi connectivity index (χ1v) is 20.8. The van der Waals surface area contributed by atoms with E-state index in [0.29, 0.717) is 6.42 Å². The number of phosphoric acid groups is 1. The third-order valence-electron chi connectivity index (χ3n) is 8.10. The molecule has 0 aromatic carbocycles. The maximum atomic E-state index is 12.0. The maximum absolute atomic E-state index is 12.0. The Morgan fingerprint density at radius 2 is 1.08 bits per heavy atom. The number of ether oxygens (including phenoxy) is 1. The highest BCUT2D eigenvalue weighted by atomic mass is 31.2. The summed E-state index contributed by atoms with van der Waals surface area (Å²) < 4.78 is 26.7. The number of carbonyl (C=O) groups is 2. The lowest BCUT2D eigenvalue weighted by Gasteiger charge is -2.15. The Hall–Kier alpha value is -1.51. The summed E-state index contributed by atoms with van der Waals surface area (Å²) in [6, 6.07) is 0. The first-order chi connectivity index (χ1) is 23.3. The van der Waals surface area contributed by atoms with E-state index in [9.17, 15) is 24.2 Å². The van der Waals surface area contributed by atoms with Crippen LogP contribution in [0.4, 0.5) is 0 Å². The highest BCUT2D eigenvalue weighted by molar-refractivity contribution is 7.47. The number of allylic oxidation sites excluding steroid dienone is 4. The molecule has 0 rings (SSSR count). The van der Waals surface area contributed by atoms with Gasteiger partial charge in [-0.1, -0.05) is 128 Å². The zero-order chi connectivity index (χ0) is 35.4. The molecule has 48 heavy (non-hydrogen) atoms. The number of esters is 1. The molecule has 3 N–H and O–H groups in total. The van der Waals surface area contributed by atoms with Gasteiger partial charge in [-0.15, -0.1) is 0 Å². The second-order valence-electron chi connectivity index (χ2n) is 12.9. The van der Waals surface area contributed by atoms with E-state index in [2.05, 4.69) is 43.5 Å². The van der Waals surface area contributed by atoms with Crippen LogP contribution in [0.1, 0.15) is 174 Å². The third-order valence-corrected chi connectivity index (χ3v) is 9.09. The lowest BCUT2D eigenvalue weighted by molar-refractivity contribution is -0.147. The smallest absolute Gasteiger partial charge is 0.463 e. The summed E-state index contributed by atoms with van der Waals surface area (Å²) in [5.41, 5.74) is 0. The van der Waals surface area contributed by atoms with Gasteiger partial charge in [-0.2, -0.15) is 0 Å². The molecule has 10 heteroatoms. The Labute approximate surface area is 293 Å². The van der Waals surface area contributed by atoms with Crippen molar-refractivity contribution in [1.82, 2.24) is 5.32 Å². The highest BCUT2D eigenvalue weighted by Gasteiger charge is 2.23. The third kappa shape index (κ3) is 35.8. The first kappa shape index (κ1) is 46.5. The van der Waals surface area contributed by atoms with Gasteiger partial charge < -0.3 is 20.1 Å². The number of phosphoric ester groups is 1. The van der Waals surface area contributed by atoms with Gasteiger partial charge in [0.2, 0.25) is 5.91 Å². The zero-order valence-electron chi connectivity index (χ0n) is 30.7. The van der Waals surface area contributed by atoms with Crippen LogP contribution in [0.5, 0.6) is 0 Å². The molecular weight excluding hydrogens is 629 g/mol. The molecule has 0 bridgehead atoms. The van der Waals surface area contributed by atoms with Crippen LogP contribution in [-0.4, -0.2) is 54.3 Å². The van der Waals surface area contributed by atoms with E-state index in [1.807, 2.05) is 0 Å². The summed E-state index contributed by atoms with van der Waals surface area (Å²) in [4.78, 5) is 33.7. The van der Waals surface area contributed by atoms with E-state index in [4.69, 9.17) is 13.8 Å². The van der Waals surface area contributed by atoms with Gasteiger partial charge >= 0.3 is 13.8 Å². The number of carbonyl (C=O) groups excluding carboxylic acids is 2. The van der Waals surface area contributed by atoms with Crippen molar-refractivity contribution in [3.05, 3.63) is 24.3 Å². The summed E-state index contributed by atoms with van der Waals surface area (Å²) in [7, 11) is -4.41. The van der Waals surface area contributed by atoms with Crippen molar-refractivity contribution in [3.8, 4) is 0 Å². The Morgan fingerprint density at radius 3 is 1.62 bits per heavy atom. The molecule has 282 valence electrons. The molecule has 1 amide bonds. The lowest BCUT2D eigenvalue weighted by atomic mass is 10.1. The molecule has 9 nitrogen and oxygen atoms in total. The van der Waals surface area contributed by atoms with E-state index in [0.717, 1.165) is 77.0 Å². The number of amides is 1. The van der Waals surface area contributed by atoms with Crippen molar-refractivity contribution in [2.75, 3.05) is 26.4 Å². The van der Waals surface area contributed by atoms with E-state index < -0.39 is 26.5 Å². The Balaban J connectivity index is 3.63. The topological polar surface area (TPSA) is 131 Å². The van der Waals surface area contributed by atoms with Gasteiger partial charge in [0, 0.05) is 19.4 Å². The molecule has 0 aromatic rings.